The standard InChI is InChI=1S/C11H9F3N2O/c1-6-3-4-7-8(17-2)5-9(11(12,13)14)16-10(7)15-6/h3-5H,1-2H3. The zero-order valence-corrected chi connectivity index (χ0v) is 9.17. The van der Waals surface area contributed by atoms with Gasteiger partial charge in [-0.1, -0.05) is 0 Å². The first-order chi connectivity index (χ1) is 7.91. The highest BCUT2D eigenvalue weighted by atomic mass is 19.4. The smallest absolute Gasteiger partial charge is 0.433 e. The SMILES string of the molecule is COc1cc(C(F)(F)F)nc2nc(C)ccc12. The second-order valence-electron chi connectivity index (χ2n) is 3.53. The van der Waals surface area contributed by atoms with Crippen LogP contribution in [0.1, 0.15) is 11.4 Å². The summed E-state index contributed by atoms with van der Waals surface area (Å²) in [5.74, 6) is 0.120. The third-order valence-corrected chi connectivity index (χ3v) is 2.28. The molecule has 0 amide bonds. The van der Waals surface area contributed by atoms with Gasteiger partial charge in [-0.2, -0.15) is 13.2 Å². The van der Waals surface area contributed by atoms with Crippen LogP contribution in [0.15, 0.2) is 18.2 Å². The van der Waals surface area contributed by atoms with Crippen molar-refractivity contribution in [2.24, 2.45) is 0 Å². The molecule has 2 aromatic heterocycles. The van der Waals surface area contributed by atoms with E-state index >= 15 is 0 Å². The maximum absolute atomic E-state index is 12.6. The van der Waals surface area contributed by atoms with Crippen LogP contribution in [0.25, 0.3) is 11.0 Å². The number of alkyl halides is 3. The molecule has 0 saturated carbocycles. The Morgan fingerprint density at radius 2 is 1.88 bits per heavy atom. The molecule has 0 bridgehead atoms. The Balaban J connectivity index is 2.76. The molecule has 17 heavy (non-hydrogen) atoms. The molecule has 0 radical (unpaired) electrons. The maximum atomic E-state index is 12.6. The fourth-order valence-corrected chi connectivity index (χ4v) is 1.48. The summed E-state index contributed by atoms with van der Waals surface area (Å²) < 4.78 is 42.7. The number of halogens is 3. The summed E-state index contributed by atoms with van der Waals surface area (Å²) in [7, 11) is 1.31. The van der Waals surface area contributed by atoms with Crippen LogP contribution in [0.5, 0.6) is 5.75 Å². The third kappa shape index (κ3) is 2.15. The lowest BCUT2D eigenvalue weighted by Crippen LogP contribution is -2.09. The largest absolute Gasteiger partial charge is 0.496 e. The molecule has 0 fully saturated rings. The molecule has 0 atom stereocenters. The molecule has 6 heteroatoms. The van der Waals surface area contributed by atoms with Gasteiger partial charge in [-0.25, -0.2) is 9.97 Å². The zero-order chi connectivity index (χ0) is 12.6. The molecule has 0 N–H and O–H groups in total. The first-order valence-corrected chi connectivity index (χ1v) is 4.81. The molecule has 0 aromatic carbocycles. The first-order valence-electron chi connectivity index (χ1n) is 4.81. The highest BCUT2D eigenvalue weighted by Crippen LogP contribution is 2.33. The molecule has 0 unspecified atom stereocenters. The molecule has 3 nitrogen and oxygen atoms in total. The lowest BCUT2D eigenvalue weighted by atomic mass is 10.2. The Morgan fingerprint density at radius 3 is 2.47 bits per heavy atom. The van der Waals surface area contributed by atoms with E-state index in [2.05, 4.69) is 9.97 Å². The van der Waals surface area contributed by atoms with Crippen LogP contribution >= 0.6 is 0 Å². The number of fused-ring (bicyclic) bond motifs is 1. The van der Waals surface area contributed by atoms with E-state index in [0.29, 0.717) is 11.1 Å². The van der Waals surface area contributed by atoms with Gasteiger partial charge in [0.05, 0.1) is 12.5 Å². The Hall–Kier alpha value is -1.85. The van der Waals surface area contributed by atoms with Crippen molar-refractivity contribution in [1.29, 1.82) is 0 Å². The molecule has 0 spiro atoms. The van der Waals surface area contributed by atoms with Crippen LogP contribution < -0.4 is 4.74 Å². The minimum Gasteiger partial charge on any atom is -0.496 e. The highest BCUT2D eigenvalue weighted by Gasteiger charge is 2.33. The average Bonchev–Trinajstić information content (AvgIpc) is 2.25. The molecule has 0 aliphatic heterocycles. The van der Waals surface area contributed by atoms with Gasteiger partial charge in [-0.15, -0.1) is 0 Å². The Kier molecular flexibility index (Phi) is 2.65. The van der Waals surface area contributed by atoms with Crippen LogP contribution in [0.4, 0.5) is 13.2 Å². The van der Waals surface area contributed by atoms with E-state index in [-0.39, 0.29) is 11.4 Å². The molecule has 90 valence electrons. The highest BCUT2D eigenvalue weighted by molar-refractivity contribution is 5.82. The lowest BCUT2D eigenvalue weighted by molar-refractivity contribution is -0.141. The number of methoxy groups -OCH3 is 1. The van der Waals surface area contributed by atoms with Crippen molar-refractivity contribution in [1.82, 2.24) is 9.97 Å². The summed E-state index contributed by atoms with van der Waals surface area (Å²) >= 11 is 0. The van der Waals surface area contributed by atoms with Crippen molar-refractivity contribution in [3.05, 3.63) is 29.6 Å². The zero-order valence-electron chi connectivity index (χ0n) is 9.17. The van der Waals surface area contributed by atoms with Crippen LogP contribution in [0.3, 0.4) is 0 Å². The predicted octanol–water partition coefficient (Wildman–Crippen LogP) is 2.97. The molecular formula is C11H9F3N2O. The Labute approximate surface area is 95.3 Å². The van der Waals surface area contributed by atoms with E-state index in [9.17, 15) is 13.2 Å². The molecule has 2 aromatic rings. The molecule has 0 aliphatic carbocycles. The van der Waals surface area contributed by atoms with Gasteiger partial charge < -0.3 is 4.74 Å². The van der Waals surface area contributed by atoms with E-state index < -0.39 is 11.9 Å². The summed E-state index contributed by atoms with van der Waals surface area (Å²) in [5, 5.41) is 0.464. The summed E-state index contributed by atoms with van der Waals surface area (Å²) in [6.45, 7) is 1.69. The third-order valence-electron chi connectivity index (χ3n) is 2.28. The molecular weight excluding hydrogens is 233 g/mol. The van der Waals surface area contributed by atoms with Crippen molar-refractivity contribution in [3.63, 3.8) is 0 Å². The van der Waals surface area contributed by atoms with Crippen molar-refractivity contribution in [3.8, 4) is 5.75 Å². The molecule has 2 heterocycles. The molecule has 0 aliphatic rings. The summed E-state index contributed by atoms with van der Waals surface area (Å²) in [6, 6.07) is 4.21. The van der Waals surface area contributed by atoms with Gasteiger partial charge in [0.25, 0.3) is 0 Å². The van der Waals surface area contributed by atoms with E-state index in [0.717, 1.165) is 6.07 Å². The maximum Gasteiger partial charge on any atom is 0.433 e. The van der Waals surface area contributed by atoms with Gasteiger partial charge in [-0.05, 0) is 19.1 Å². The van der Waals surface area contributed by atoms with Gasteiger partial charge in [0.2, 0.25) is 0 Å². The fraction of sp³-hybridized carbons (Fsp3) is 0.273. The van der Waals surface area contributed by atoms with Crippen molar-refractivity contribution in [2.45, 2.75) is 13.1 Å². The summed E-state index contributed by atoms with van der Waals surface area (Å²) in [5.41, 5.74) is -0.358. The second kappa shape index (κ2) is 3.87. The Morgan fingerprint density at radius 1 is 1.18 bits per heavy atom. The second-order valence-corrected chi connectivity index (χ2v) is 3.53. The number of hydrogen-bond acceptors (Lipinski definition) is 3. The van der Waals surface area contributed by atoms with Gasteiger partial charge in [-0.3, -0.25) is 0 Å². The van der Waals surface area contributed by atoms with Gasteiger partial charge in [0.15, 0.2) is 11.3 Å². The number of pyridine rings is 2. The van der Waals surface area contributed by atoms with Crippen molar-refractivity contribution >= 4 is 11.0 Å². The molecule has 0 saturated heterocycles. The number of rotatable bonds is 1. The number of nitrogens with zero attached hydrogens (tertiary/aromatic N) is 2. The van der Waals surface area contributed by atoms with Crippen LogP contribution in [0, 0.1) is 6.92 Å². The van der Waals surface area contributed by atoms with Crippen molar-refractivity contribution < 1.29 is 17.9 Å². The predicted molar refractivity (Wildman–Crippen MR) is 55.8 cm³/mol. The number of aromatic nitrogens is 2. The normalized spacial score (nSPS) is 11.8. The average molecular weight is 242 g/mol. The van der Waals surface area contributed by atoms with E-state index in [4.69, 9.17) is 4.74 Å². The van der Waals surface area contributed by atoms with E-state index in [1.807, 2.05) is 0 Å². The lowest BCUT2D eigenvalue weighted by Gasteiger charge is -2.10. The summed E-state index contributed by atoms with van der Waals surface area (Å²) in [4.78, 5) is 7.47. The van der Waals surface area contributed by atoms with Gasteiger partial charge in [0.1, 0.15) is 5.75 Å². The quantitative estimate of drug-likeness (QED) is 0.771. The minimum absolute atomic E-state index is 0.0386. The monoisotopic (exact) mass is 242 g/mol. The first kappa shape index (κ1) is 11.6. The minimum atomic E-state index is -4.51. The fourth-order valence-electron chi connectivity index (χ4n) is 1.48. The molecule has 2 rings (SSSR count). The number of aryl methyl sites for hydroxylation is 1. The van der Waals surface area contributed by atoms with Gasteiger partial charge in [0, 0.05) is 11.8 Å². The van der Waals surface area contributed by atoms with Crippen molar-refractivity contribution in [2.75, 3.05) is 7.11 Å². The van der Waals surface area contributed by atoms with Crippen LogP contribution in [-0.2, 0) is 6.18 Å². The van der Waals surface area contributed by atoms with E-state index in [1.54, 1.807) is 19.1 Å². The topological polar surface area (TPSA) is 35.0 Å². The Bertz CT molecular complexity index is 566. The summed E-state index contributed by atoms with van der Waals surface area (Å²) in [6.07, 6.45) is -4.51. The van der Waals surface area contributed by atoms with Crippen LogP contribution in [0.2, 0.25) is 0 Å². The van der Waals surface area contributed by atoms with E-state index in [1.165, 1.54) is 7.11 Å². The van der Waals surface area contributed by atoms with Gasteiger partial charge >= 0.3 is 6.18 Å². The number of ether oxygens (including phenoxy) is 1. The van der Waals surface area contributed by atoms with Crippen LogP contribution in [-0.4, -0.2) is 17.1 Å². The number of hydrogen-bond donors (Lipinski definition) is 0.